The van der Waals surface area contributed by atoms with Gasteiger partial charge in [0.2, 0.25) is 0 Å². The molecule has 2 fully saturated rings. The van der Waals surface area contributed by atoms with Gasteiger partial charge in [0.1, 0.15) is 11.5 Å². The molecule has 2 aromatic rings. The van der Waals surface area contributed by atoms with E-state index >= 15 is 0 Å². The van der Waals surface area contributed by atoms with Gasteiger partial charge in [-0.2, -0.15) is 0 Å². The molecular weight excluding hydrogens is 382 g/mol. The zero-order valence-electron chi connectivity index (χ0n) is 17.8. The Morgan fingerprint density at radius 3 is 2.83 bits per heavy atom. The first kappa shape index (κ1) is 19.0. The predicted molar refractivity (Wildman–Crippen MR) is 115 cm³/mol. The van der Waals surface area contributed by atoms with Crippen LogP contribution in [-0.4, -0.2) is 19.6 Å². The number of fused-ring (bicyclic) bond motifs is 3. The Kier molecular flexibility index (Phi) is 4.09. The van der Waals surface area contributed by atoms with Gasteiger partial charge in [0.15, 0.2) is 0 Å². The molecule has 5 heteroatoms. The second-order valence-electron chi connectivity index (χ2n) is 9.28. The number of hydrogen-bond acceptors (Lipinski definition) is 4. The van der Waals surface area contributed by atoms with Crippen LogP contribution in [0.1, 0.15) is 64.3 Å². The Hall–Kier alpha value is -2.01. The monoisotopic (exact) mass is 411 g/mol. The lowest BCUT2D eigenvalue weighted by Crippen LogP contribution is -2.23. The molecule has 1 aromatic carbocycles. The predicted octanol–water partition coefficient (Wildman–Crippen LogP) is 5.08. The minimum Gasteiger partial charge on any atom is -0.496 e. The summed E-state index contributed by atoms with van der Waals surface area (Å²) in [5.41, 5.74) is 4.72. The number of nitrogens with one attached hydrogen (secondary N) is 1. The fraction of sp³-hybridized carbons (Fsp3) is 0.542. The van der Waals surface area contributed by atoms with Crippen molar-refractivity contribution in [2.24, 2.45) is 16.7 Å². The van der Waals surface area contributed by atoms with E-state index in [0.717, 1.165) is 46.6 Å². The Morgan fingerprint density at radius 2 is 2.14 bits per heavy atom. The Labute approximate surface area is 176 Å². The normalized spacial score (nSPS) is 26.9. The van der Waals surface area contributed by atoms with Crippen LogP contribution in [0.4, 0.5) is 0 Å². The van der Waals surface area contributed by atoms with Gasteiger partial charge in [-0.1, -0.05) is 20.8 Å². The molecule has 1 amide bonds. The average Bonchev–Trinajstić information content (AvgIpc) is 3.38. The maximum absolute atomic E-state index is 13.0. The maximum Gasteiger partial charge on any atom is 0.261 e. The van der Waals surface area contributed by atoms with E-state index in [1.54, 1.807) is 18.4 Å². The third kappa shape index (κ3) is 2.46. The van der Waals surface area contributed by atoms with Crippen LogP contribution < -0.4 is 14.8 Å². The molecular formula is C24H29NO3S. The molecule has 0 radical (unpaired) electrons. The summed E-state index contributed by atoms with van der Waals surface area (Å²) in [4.78, 5) is 15.3. The zero-order valence-corrected chi connectivity index (χ0v) is 18.7. The molecule has 3 aliphatic rings. The molecule has 29 heavy (non-hydrogen) atoms. The highest BCUT2D eigenvalue weighted by molar-refractivity contribution is 7.14. The van der Waals surface area contributed by atoms with Crippen LogP contribution in [0.25, 0.3) is 0 Å². The third-order valence-electron chi connectivity index (χ3n) is 7.62. The Bertz CT molecular complexity index is 1010. The smallest absolute Gasteiger partial charge is 0.261 e. The first-order valence-electron chi connectivity index (χ1n) is 10.6. The van der Waals surface area contributed by atoms with Crippen LogP contribution in [0.15, 0.2) is 18.2 Å². The molecule has 4 nitrogen and oxygen atoms in total. The van der Waals surface area contributed by atoms with Gasteiger partial charge in [-0.25, -0.2) is 0 Å². The number of benzene rings is 1. The van der Waals surface area contributed by atoms with Gasteiger partial charge in [-0.05, 0) is 65.7 Å². The number of carbonyl (C=O) groups is 1. The topological polar surface area (TPSA) is 47.6 Å². The number of carbonyl (C=O) groups excluding carboxylic acids is 1. The number of hydrogen-bond donors (Lipinski definition) is 1. The minimum atomic E-state index is 0.0421. The van der Waals surface area contributed by atoms with Gasteiger partial charge >= 0.3 is 0 Å². The van der Waals surface area contributed by atoms with Crippen LogP contribution in [0.5, 0.6) is 11.5 Å². The molecule has 2 saturated carbocycles. The van der Waals surface area contributed by atoms with Crippen molar-refractivity contribution in [1.29, 1.82) is 0 Å². The van der Waals surface area contributed by atoms with Crippen LogP contribution in [-0.2, 0) is 13.0 Å². The molecule has 0 bridgehead atoms. The highest BCUT2D eigenvalue weighted by Crippen LogP contribution is 2.98. The standard InChI is InChI=1S/C24H29NO3S/c1-6-9-28-15-8-7-14(17(10-15)27-5)12-25-22(26)20-16-11-24-19(18(16)13(2)29-20)21(24)23(24,3)4/h7-8,10,19,21H,6,9,11-12H2,1-5H3,(H,25,26)/t19-,21?,24-/m1/s1. The summed E-state index contributed by atoms with van der Waals surface area (Å²) in [6.07, 6.45) is 2.05. The van der Waals surface area contributed by atoms with Crippen LogP contribution in [0, 0.1) is 23.7 Å². The summed E-state index contributed by atoms with van der Waals surface area (Å²) in [6, 6.07) is 5.81. The number of ether oxygens (including phenoxy) is 2. The number of aryl methyl sites for hydroxylation is 1. The molecule has 0 saturated heterocycles. The van der Waals surface area contributed by atoms with E-state index in [2.05, 4.69) is 33.0 Å². The van der Waals surface area contributed by atoms with Gasteiger partial charge in [0, 0.05) is 23.1 Å². The molecule has 5 rings (SSSR count). The SMILES string of the molecule is CCCOc1ccc(CNC(=O)c2sc(C)c3c2C[C@]24C([C@@H]32)C4(C)C)c(OC)c1. The molecule has 1 aromatic heterocycles. The fourth-order valence-corrected chi connectivity index (χ4v) is 7.20. The van der Waals surface area contributed by atoms with E-state index in [1.807, 2.05) is 18.2 Å². The fourth-order valence-electron chi connectivity index (χ4n) is 6.06. The van der Waals surface area contributed by atoms with Gasteiger partial charge in [-0.15, -0.1) is 11.3 Å². The van der Waals surface area contributed by atoms with Crippen molar-refractivity contribution in [2.45, 2.75) is 53.0 Å². The number of methoxy groups -OCH3 is 1. The van der Waals surface area contributed by atoms with E-state index in [1.165, 1.54) is 16.0 Å². The second-order valence-corrected chi connectivity index (χ2v) is 10.5. The van der Waals surface area contributed by atoms with Crippen molar-refractivity contribution in [3.8, 4) is 11.5 Å². The molecule has 0 aliphatic heterocycles. The molecule has 3 aliphatic carbocycles. The lowest BCUT2D eigenvalue weighted by Gasteiger charge is -2.19. The first-order chi connectivity index (χ1) is 13.9. The van der Waals surface area contributed by atoms with E-state index in [9.17, 15) is 4.79 Å². The Balaban J connectivity index is 1.30. The highest BCUT2D eigenvalue weighted by atomic mass is 32.1. The van der Waals surface area contributed by atoms with Crippen molar-refractivity contribution in [3.63, 3.8) is 0 Å². The summed E-state index contributed by atoms with van der Waals surface area (Å²) in [6.45, 7) is 10.2. The van der Waals surface area contributed by atoms with Crippen LogP contribution >= 0.6 is 11.3 Å². The van der Waals surface area contributed by atoms with Crippen molar-refractivity contribution in [2.75, 3.05) is 13.7 Å². The lowest BCUT2D eigenvalue weighted by atomic mass is 9.85. The second kappa shape index (κ2) is 6.24. The van der Waals surface area contributed by atoms with Crippen LogP contribution in [0.3, 0.4) is 0 Å². The van der Waals surface area contributed by atoms with Crippen molar-refractivity contribution in [3.05, 3.63) is 44.6 Å². The Morgan fingerprint density at radius 1 is 1.34 bits per heavy atom. The largest absolute Gasteiger partial charge is 0.496 e. The lowest BCUT2D eigenvalue weighted by molar-refractivity contribution is 0.0954. The van der Waals surface area contributed by atoms with Gasteiger partial charge in [0.25, 0.3) is 5.91 Å². The molecule has 1 N–H and O–H groups in total. The van der Waals surface area contributed by atoms with Gasteiger partial charge in [-0.3, -0.25) is 4.79 Å². The number of amides is 1. The van der Waals surface area contributed by atoms with E-state index in [4.69, 9.17) is 9.47 Å². The highest BCUT2D eigenvalue weighted by Gasteiger charge is 2.93. The van der Waals surface area contributed by atoms with Crippen molar-refractivity contribution < 1.29 is 14.3 Å². The maximum atomic E-state index is 13.0. The summed E-state index contributed by atoms with van der Waals surface area (Å²) in [7, 11) is 1.65. The average molecular weight is 412 g/mol. The minimum absolute atomic E-state index is 0.0421. The number of thiophene rings is 1. The van der Waals surface area contributed by atoms with Gasteiger partial charge in [0.05, 0.1) is 18.6 Å². The molecule has 3 atom stereocenters. The summed E-state index contributed by atoms with van der Waals surface area (Å²) >= 11 is 1.67. The molecule has 1 spiro atoms. The zero-order chi connectivity index (χ0) is 20.6. The van der Waals surface area contributed by atoms with E-state index in [-0.39, 0.29) is 5.91 Å². The van der Waals surface area contributed by atoms with Crippen molar-refractivity contribution in [1.82, 2.24) is 5.32 Å². The summed E-state index contributed by atoms with van der Waals surface area (Å²) < 4.78 is 11.2. The first-order valence-corrected chi connectivity index (χ1v) is 11.4. The summed E-state index contributed by atoms with van der Waals surface area (Å²) in [5, 5.41) is 3.12. The third-order valence-corrected chi connectivity index (χ3v) is 8.78. The molecule has 1 unspecified atom stereocenters. The van der Waals surface area contributed by atoms with E-state index < -0.39 is 0 Å². The molecule has 154 valence electrons. The number of rotatable bonds is 7. The summed E-state index contributed by atoms with van der Waals surface area (Å²) in [5.74, 6) is 3.16. The van der Waals surface area contributed by atoms with Crippen molar-refractivity contribution >= 4 is 17.2 Å². The molecule has 1 heterocycles. The van der Waals surface area contributed by atoms with E-state index in [0.29, 0.717) is 24.0 Å². The van der Waals surface area contributed by atoms with Crippen LogP contribution in [0.2, 0.25) is 0 Å². The quantitative estimate of drug-likeness (QED) is 0.691. The van der Waals surface area contributed by atoms with Gasteiger partial charge < -0.3 is 14.8 Å².